The maximum absolute atomic E-state index is 5.65. The van der Waals surface area contributed by atoms with E-state index in [-0.39, 0.29) is 0 Å². The molecule has 0 aliphatic carbocycles. The van der Waals surface area contributed by atoms with Crippen LogP contribution in [-0.4, -0.2) is 20.9 Å². The lowest BCUT2D eigenvalue weighted by Gasteiger charge is -1.97. The van der Waals surface area contributed by atoms with E-state index in [4.69, 9.17) is 4.42 Å². The van der Waals surface area contributed by atoms with Crippen molar-refractivity contribution in [1.82, 2.24) is 15.2 Å². The number of thioether (sulfide) groups is 1. The van der Waals surface area contributed by atoms with Gasteiger partial charge in [0.25, 0.3) is 5.22 Å². The molecule has 106 valence electrons. The number of pyridine rings is 1. The van der Waals surface area contributed by atoms with Crippen LogP contribution in [0.15, 0.2) is 64.4 Å². The van der Waals surface area contributed by atoms with Crippen LogP contribution < -0.4 is 0 Å². The minimum absolute atomic E-state index is 0.622. The first-order valence-corrected chi connectivity index (χ1v) is 7.78. The molecular weight excluding hydrogens is 282 g/mol. The molecule has 0 aliphatic heterocycles. The fourth-order valence-electron chi connectivity index (χ4n) is 1.93. The Morgan fingerprint density at radius 2 is 1.81 bits per heavy atom. The highest BCUT2D eigenvalue weighted by atomic mass is 32.2. The summed E-state index contributed by atoms with van der Waals surface area (Å²) in [5, 5.41) is 8.78. The van der Waals surface area contributed by atoms with Crippen molar-refractivity contribution in [3.8, 4) is 0 Å². The van der Waals surface area contributed by atoms with Gasteiger partial charge in [-0.3, -0.25) is 4.98 Å². The molecular formula is C16H15N3OS. The third-order valence-electron chi connectivity index (χ3n) is 2.96. The van der Waals surface area contributed by atoms with Gasteiger partial charge in [-0.15, -0.1) is 10.2 Å². The Balaban J connectivity index is 1.51. The topological polar surface area (TPSA) is 51.8 Å². The first-order valence-electron chi connectivity index (χ1n) is 6.79. The van der Waals surface area contributed by atoms with E-state index < -0.39 is 0 Å². The quantitative estimate of drug-likeness (QED) is 0.653. The maximum atomic E-state index is 5.65. The van der Waals surface area contributed by atoms with Gasteiger partial charge in [0.1, 0.15) is 0 Å². The van der Waals surface area contributed by atoms with Crippen molar-refractivity contribution < 1.29 is 4.42 Å². The highest BCUT2D eigenvalue weighted by Gasteiger charge is 2.07. The third kappa shape index (κ3) is 4.16. The molecule has 0 bridgehead atoms. The number of hydrogen-bond donors (Lipinski definition) is 0. The molecule has 0 unspecified atom stereocenters. The lowest BCUT2D eigenvalue weighted by atomic mass is 10.2. The summed E-state index contributed by atoms with van der Waals surface area (Å²) in [5.74, 6) is 1.53. The summed E-state index contributed by atoms with van der Waals surface area (Å²) in [6.45, 7) is 0. The van der Waals surface area contributed by atoms with Crippen molar-refractivity contribution in [3.05, 3.63) is 71.9 Å². The molecule has 3 rings (SSSR count). The summed E-state index contributed by atoms with van der Waals surface area (Å²) < 4.78 is 5.65. The number of rotatable bonds is 6. The van der Waals surface area contributed by atoms with Gasteiger partial charge < -0.3 is 4.42 Å². The van der Waals surface area contributed by atoms with Crippen molar-refractivity contribution in [1.29, 1.82) is 0 Å². The predicted molar refractivity (Wildman–Crippen MR) is 82.2 cm³/mol. The van der Waals surface area contributed by atoms with E-state index in [9.17, 15) is 0 Å². The Bertz CT molecular complexity index is 670. The Morgan fingerprint density at radius 1 is 0.952 bits per heavy atom. The molecule has 0 atom stereocenters. The van der Waals surface area contributed by atoms with E-state index >= 15 is 0 Å². The molecule has 0 aliphatic rings. The van der Waals surface area contributed by atoms with Gasteiger partial charge in [0.05, 0.1) is 6.42 Å². The summed E-state index contributed by atoms with van der Waals surface area (Å²) in [7, 11) is 0. The first kappa shape index (κ1) is 13.8. The zero-order chi connectivity index (χ0) is 14.3. The average Bonchev–Trinajstić information content (AvgIpc) is 2.97. The van der Waals surface area contributed by atoms with Crippen LogP contribution in [0.1, 0.15) is 17.1 Å². The van der Waals surface area contributed by atoms with E-state index in [0.717, 1.165) is 17.9 Å². The highest BCUT2D eigenvalue weighted by Crippen LogP contribution is 2.18. The Hall–Kier alpha value is -2.14. The molecule has 3 aromatic rings. The Kier molecular flexibility index (Phi) is 4.63. The van der Waals surface area contributed by atoms with Crippen molar-refractivity contribution in [2.75, 3.05) is 5.75 Å². The van der Waals surface area contributed by atoms with Crippen molar-refractivity contribution in [2.45, 2.75) is 18.1 Å². The lowest BCUT2D eigenvalue weighted by molar-refractivity contribution is 0.420. The number of aromatic nitrogens is 3. The van der Waals surface area contributed by atoms with Crippen LogP contribution in [-0.2, 0) is 12.8 Å². The fourth-order valence-corrected chi connectivity index (χ4v) is 2.67. The van der Waals surface area contributed by atoms with Gasteiger partial charge >= 0.3 is 0 Å². The molecule has 2 heterocycles. The van der Waals surface area contributed by atoms with Gasteiger partial charge in [0.15, 0.2) is 0 Å². The SMILES string of the molecule is c1ccc(Cc2nnc(SCCc3ccccn3)o2)cc1. The Morgan fingerprint density at radius 3 is 2.62 bits per heavy atom. The van der Waals surface area contributed by atoms with E-state index in [1.54, 1.807) is 11.8 Å². The van der Waals surface area contributed by atoms with Gasteiger partial charge in [-0.1, -0.05) is 48.2 Å². The number of aryl methyl sites for hydroxylation is 1. The first-order chi connectivity index (χ1) is 10.4. The zero-order valence-corrected chi connectivity index (χ0v) is 12.3. The monoisotopic (exact) mass is 297 g/mol. The van der Waals surface area contributed by atoms with E-state index in [1.165, 1.54) is 5.56 Å². The second-order valence-corrected chi connectivity index (χ2v) is 5.59. The molecule has 0 fully saturated rings. The molecule has 0 spiro atoms. The van der Waals surface area contributed by atoms with Crippen LogP contribution in [0, 0.1) is 0 Å². The summed E-state index contributed by atoms with van der Waals surface area (Å²) in [5.41, 5.74) is 2.25. The second-order valence-electron chi connectivity index (χ2n) is 4.54. The standard InChI is InChI=1S/C16H15N3OS/c1-2-6-13(7-3-1)12-15-18-19-16(20-15)21-11-9-14-8-4-5-10-17-14/h1-8,10H,9,11-12H2. The van der Waals surface area contributed by atoms with Crippen molar-refractivity contribution >= 4 is 11.8 Å². The van der Waals surface area contributed by atoms with Crippen LogP contribution in [0.3, 0.4) is 0 Å². The molecule has 0 amide bonds. The van der Waals surface area contributed by atoms with Gasteiger partial charge in [-0.25, -0.2) is 0 Å². The van der Waals surface area contributed by atoms with E-state index in [1.807, 2.05) is 42.6 Å². The molecule has 0 N–H and O–H groups in total. The summed E-state index contributed by atoms with van der Waals surface area (Å²) >= 11 is 1.57. The molecule has 4 nitrogen and oxygen atoms in total. The maximum Gasteiger partial charge on any atom is 0.276 e. The minimum atomic E-state index is 0.622. The summed E-state index contributed by atoms with van der Waals surface area (Å²) in [6.07, 6.45) is 3.38. The molecule has 0 saturated heterocycles. The normalized spacial score (nSPS) is 10.7. The number of benzene rings is 1. The van der Waals surface area contributed by atoms with E-state index in [0.29, 0.717) is 17.5 Å². The lowest BCUT2D eigenvalue weighted by Crippen LogP contribution is -1.91. The van der Waals surface area contributed by atoms with Gasteiger partial charge in [-0.05, 0) is 24.1 Å². The third-order valence-corrected chi connectivity index (χ3v) is 3.78. The Labute approximate surface area is 127 Å². The van der Waals surface area contributed by atoms with Crippen LogP contribution in [0.25, 0.3) is 0 Å². The molecule has 5 heteroatoms. The fraction of sp³-hybridized carbons (Fsp3) is 0.188. The van der Waals surface area contributed by atoms with Crippen LogP contribution >= 0.6 is 11.8 Å². The minimum Gasteiger partial charge on any atom is -0.416 e. The molecule has 1 aromatic carbocycles. The molecule has 21 heavy (non-hydrogen) atoms. The van der Waals surface area contributed by atoms with Gasteiger partial charge in [-0.2, -0.15) is 0 Å². The second kappa shape index (κ2) is 7.04. The van der Waals surface area contributed by atoms with Crippen molar-refractivity contribution in [3.63, 3.8) is 0 Å². The summed E-state index contributed by atoms with van der Waals surface area (Å²) in [6, 6.07) is 16.1. The molecule has 2 aromatic heterocycles. The van der Waals surface area contributed by atoms with Crippen LogP contribution in [0.2, 0.25) is 0 Å². The van der Waals surface area contributed by atoms with E-state index in [2.05, 4.69) is 27.3 Å². The van der Waals surface area contributed by atoms with Crippen molar-refractivity contribution in [2.24, 2.45) is 0 Å². The van der Waals surface area contributed by atoms with Crippen LogP contribution in [0.4, 0.5) is 0 Å². The summed E-state index contributed by atoms with van der Waals surface area (Å²) in [4.78, 5) is 4.29. The molecule has 0 radical (unpaired) electrons. The largest absolute Gasteiger partial charge is 0.416 e. The number of hydrogen-bond acceptors (Lipinski definition) is 5. The smallest absolute Gasteiger partial charge is 0.276 e. The number of nitrogens with zero attached hydrogens (tertiary/aromatic N) is 3. The molecule has 0 saturated carbocycles. The van der Waals surface area contributed by atoms with Gasteiger partial charge in [0, 0.05) is 17.6 Å². The highest BCUT2D eigenvalue weighted by molar-refractivity contribution is 7.99. The zero-order valence-electron chi connectivity index (χ0n) is 11.5. The van der Waals surface area contributed by atoms with Crippen LogP contribution in [0.5, 0.6) is 0 Å². The average molecular weight is 297 g/mol. The predicted octanol–water partition coefficient (Wildman–Crippen LogP) is 3.39. The van der Waals surface area contributed by atoms with Gasteiger partial charge in [0.2, 0.25) is 5.89 Å².